The molecule has 0 heterocycles. The average molecular weight is 369 g/mol. The second-order valence-corrected chi connectivity index (χ2v) is 6.59. The zero-order valence-electron chi connectivity index (χ0n) is 16.8. The van der Waals surface area contributed by atoms with E-state index in [1.54, 1.807) is 0 Å². The Morgan fingerprint density at radius 1 is 1.00 bits per heavy atom. The van der Waals surface area contributed by atoms with E-state index < -0.39 is 0 Å². The first-order valence-corrected chi connectivity index (χ1v) is 10.0. The lowest BCUT2D eigenvalue weighted by molar-refractivity contribution is 0.0952. The summed E-state index contributed by atoms with van der Waals surface area (Å²) in [5.74, 6) is 0.863. The van der Waals surface area contributed by atoms with Crippen molar-refractivity contribution in [3.05, 3.63) is 54.1 Å². The molecule has 2 aromatic carbocycles. The molecule has 0 saturated heterocycles. The molecule has 0 aliphatic rings. The average Bonchev–Trinajstić information content (AvgIpc) is 2.72. The van der Waals surface area contributed by atoms with Crippen molar-refractivity contribution in [2.45, 2.75) is 33.6 Å². The van der Waals surface area contributed by atoms with Crippen LogP contribution in [0.25, 0.3) is 11.1 Å². The summed E-state index contributed by atoms with van der Waals surface area (Å²) in [6.07, 6.45) is 1.96. The summed E-state index contributed by atoms with van der Waals surface area (Å²) in [7, 11) is 0. The highest BCUT2D eigenvalue weighted by atomic mass is 16.5. The lowest BCUT2D eigenvalue weighted by atomic mass is 10.0. The molecule has 0 aromatic heterocycles. The summed E-state index contributed by atoms with van der Waals surface area (Å²) >= 11 is 0. The van der Waals surface area contributed by atoms with Crippen molar-refractivity contribution in [1.82, 2.24) is 10.2 Å². The van der Waals surface area contributed by atoms with Crippen LogP contribution in [0.1, 0.15) is 44.0 Å². The Morgan fingerprint density at radius 3 is 2.41 bits per heavy atom. The predicted octanol–water partition coefficient (Wildman–Crippen LogP) is 4.60. The summed E-state index contributed by atoms with van der Waals surface area (Å²) in [5, 5.41) is 3.03. The van der Waals surface area contributed by atoms with E-state index in [1.165, 1.54) is 0 Å². The van der Waals surface area contributed by atoms with E-state index in [-0.39, 0.29) is 5.91 Å². The highest BCUT2D eigenvalue weighted by molar-refractivity contribution is 5.95. The maximum absolute atomic E-state index is 12.4. The largest absolute Gasteiger partial charge is 0.494 e. The molecular formula is C23H32N2O2. The summed E-state index contributed by atoms with van der Waals surface area (Å²) in [4.78, 5) is 14.8. The van der Waals surface area contributed by atoms with Gasteiger partial charge in [-0.25, -0.2) is 0 Å². The summed E-state index contributed by atoms with van der Waals surface area (Å²) in [6, 6.07) is 15.8. The minimum atomic E-state index is -0.0145. The van der Waals surface area contributed by atoms with E-state index in [0.717, 1.165) is 56.0 Å². The number of hydrogen-bond acceptors (Lipinski definition) is 3. The summed E-state index contributed by atoms with van der Waals surface area (Å²) < 4.78 is 5.63. The lowest BCUT2D eigenvalue weighted by Gasteiger charge is -2.17. The molecule has 4 heteroatoms. The van der Waals surface area contributed by atoms with Gasteiger partial charge in [-0.3, -0.25) is 4.79 Å². The van der Waals surface area contributed by atoms with Crippen molar-refractivity contribution in [3.63, 3.8) is 0 Å². The minimum Gasteiger partial charge on any atom is -0.494 e. The third-order valence-corrected chi connectivity index (χ3v) is 4.62. The number of benzene rings is 2. The zero-order chi connectivity index (χ0) is 19.5. The van der Waals surface area contributed by atoms with Gasteiger partial charge < -0.3 is 15.0 Å². The smallest absolute Gasteiger partial charge is 0.251 e. The molecule has 0 saturated carbocycles. The van der Waals surface area contributed by atoms with Gasteiger partial charge in [-0.05, 0) is 67.9 Å². The van der Waals surface area contributed by atoms with Crippen LogP contribution in [0, 0.1) is 0 Å². The molecule has 0 bridgehead atoms. The van der Waals surface area contributed by atoms with Gasteiger partial charge in [0, 0.05) is 12.1 Å². The number of nitrogens with zero attached hydrogens (tertiary/aromatic N) is 1. The van der Waals surface area contributed by atoms with Gasteiger partial charge in [0.2, 0.25) is 0 Å². The van der Waals surface area contributed by atoms with Crippen LogP contribution in [0.2, 0.25) is 0 Å². The molecule has 0 atom stereocenters. The zero-order valence-corrected chi connectivity index (χ0v) is 16.8. The standard InChI is InChI=1S/C23H32N2O2/c1-4-17-27-22-13-11-19(12-14-22)20-9-7-10-21(18-20)23(26)24-15-8-16-25(5-2)6-3/h7,9-14,18H,4-6,8,15-17H2,1-3H3,(H,24,26). The minimum absolute atomic E-state index is 0.0145. The number of ether oxygens (including phenoxy) is 1. The Bertz CT molecular complexity index is 694. The molecule has 4 nitrogen and oxygen atoms in total. The third kappa shape index (κ3) is 6.72. The number of amides is 1. The van der Waals surface area contributed by atoms with Gasteiger partial charge in [-0.2, -0.15) is 0 Å². The highest BCUT2D eigenvalue weighted by Gasteiger charge is 2.07. The molecule has 0 radical (unpaired) electrons. The molecule has 1 N–H and O–H groups in total. The summed E-state index contributed by atoms with van der Waals surface area (Å²) in [6.45, 7) is 11.0. The molecule has 0 spiro atoms. The number of hydrogen-bond donors (Lipinski definition) is 1. The first-order valence-electron chi connectivity index (χ1n) is 10.0. The second kappa shape index (κ2) is 11.4. The van der Waals surface area contributed by atoms with Gasteiger partial charge in [0.25, 0.3) is 5.91 Å². The molecule has 1 amide bonds. The van der Waals surface area contributed by atoms with Crippen LogP contribution in [-0.4, -0.2) is 43.6 Å². The van der Waals surface area contributed by atoms with E-state index in [9.17, 15) is 4.79 Å². The Morgan fingerprint density at radius 2 is 1.74 bits per heavy atom. The van der Waals surface area contributed by atoms with Crippen molar-refractivity contribution >= 4 is 5.91 Å². The molecule has 2 rings (SSSR count). The van der Waals surface area contributed by atoms with Crippen LogP contribution < -0.4 is 10.1 Å². The first-order chi connectivity index (χ1) is 13.2. The van der Waals surface area contributed by atoms with E-state index in [1.807, 2.05) is 48.5 Å². The lowest BCUT2D eigenvalue weighted by Crippen LogP contribution is -2.29. The molecule has 0 aliphatic carbocycles. The van der Waals surface area contributed by atoms with Gasteiger partial charge in [0.1, 0.15) is 5.75 Å². The third-order valence-electron chi connectivity index (χ3n) is 4.62. The molecular weight excluding hydrogens is 336 g/mol. The van der Waals surface area contributed by atoms with E-state index >= 15 is 0 Å². The van der Waals surface area contributed by atoms with Crippen molar-refractivity contribution in [3.8, 4) is 16.9 Å². The van der Waals surface area contributed by atoms with Gasteiger partial charge in [0.05, 0.1) is 6.61 Å². The topological polar surface area (TPSA) is 41.6 Å². The fraction of sp³-hybridized carbons (Fsp3) is 0.435. The first kappa shape index (κ1) is 21.0. The maximum Gasteiger partial charge on any atom is 0.251 e. The predicted molar refractivity (Wildman–Crippen MR) is 112 cm³/mol. The fourth-order valence-corrected chi connectivity index (χ4v) is 2.95. The van der Waals surface area contributed by atoms with Crippen LogP contribution in [0.3, 0.4) is 0 Å². The van der Waals surface area contributed by atoms with Crippen LogP contribution in [0.5, 0.6) is 5.75 Å². The molecule has 27 heavy (non-hydrogen) atoms. The van der Waals surface area contributed by atoms with Crippen molar-refractivity contribution in [2.24, 2.45) is 0 Å². The SMILES string of the molecule is CCCOc1ccc(-c2cccc(C(=O)NCCCN(CC)CC)c2)cc1. The number of rotatable bonds is 11. The Labute approximate surface area is 163 Å². The van der Waals surface area contributed by atoms with Crippen molar-refractivity contribution < 1.29 is 9.53 Å². The molecule has 0 unspecified atom stereocenters. The normalized spacial score (nSPS) is 10.8. The van der Waals surface area contributed by atoms with Crippen LogP contribution in [0.4, 0.5) is 0 Å². The molecule has 2 aromatic rings. The van der Waals surface area contributed by atoms with E-state index in [0.29, 0.717) is 12.1 Å². The highest BCUT2D eigenvalue weighted by Crippen LogP contribution is 2.23. The van der Waals surface area contributed by atoms with E-state index in [4.69, 9.17) is 4.74 Å². The monoisotopic (exact) mass is 368 g/mol. The van der Waals surface area contributed by atoms with E-state index in [2.05, 4.69) is 31.0 Å². The second-order valence-electron chi connectivity index (χ2n) is 6.59. The number of nitrogens with one attached hydrogen (secondary N) is 1. The van der Waals surface area contributed by atoms with Crippen LogP contribution >= 0.6 is 0 Å². The Balaban J connectivity index is 1.93. The Kier molecular flexibility index (Phi) is 8.85. The molecule has 0 aliphatic heterocycles. The molecule has 146 valence electrons. The quantitative estimate of drug-likeness (QED) is 0.589. The van der Waals surface area contributed by atoms with Crippen molar-refractivity contribution in [1.29, 1.82) is 0 Å². The number of carbonyl (C=O) groups is 1. The molecule has 0 fully saturated rings. The van der Waals surface area contributed by atoms with Crippen LogP contribution in [-0.2, 0) is 0 Å². The van der Waals surface area contributed by atoms with Gasteiger partial charge in [-0.1, -0.05) is 45.0 Å². The van der Waals surface area contributed by atoms with Gasteiger partial charge in [0.15, 0.2) is 0 Å². The van der Waals surface area contributed by atoms with Gasteiger partial charge >= 0.3 is 0 Å². The van der Waals surface area contributed by atoms with Gasteiger partial charge in [-0.15, -0.1) is 0 Å². The van der Waals surface area contributed by atoms with Crippen LogP contribution in [0.15, 0.2) is 48.5 Å². The Hall–Kier alpha value is -2.33. The van der Waals surface area contributed by atoms with Crippen molar-refractivity contribution in [2.75, 3.05) is 32.8 Å². The maximum atomic E-state index is 12.4. The number of carbonyl (C=O) groups excluding carboxylic acids is 1. The fourth-order valence-electron chi connectivity index (χ4n) is 2.95. The summed E-state index contributed by atoms with van der Waals surface area (Å²) in [5.41, 5.74) is 2.81.